The van der Waals surface area contributed by atoms with Crippen LogP contribution in [0.25, 0.3) is 6.08 Å². The Labute approximate surface area is 162 Å². The molecule has 1 amide bonds. The lowest BCUT2D eigenvalue weighted by Gasteiger charge is -2.14. The molecule has 0 saturated heterocycles. The summed E-state index contributed by atoms with van der Waals surface area (Å²) in [5.74, 6) is -0.395. The highest BCUT2D eigenvalue weighted by Crippen LogP contribution is 2.38. The summed E-state index contributed by atoms with van der Waals surface area (Å²) in [4.78, 5) is 24.2. The molecule has 0 fully saturated rings. The molecule has 0 atom stereocenters. The zero-order valence-electron chi connectivity index (χ0n) is 15.9. The van der Waals surface area contributed by atoms with Crippen molar-refractivity contribution >= 4 is 18.0 Å². The van der Waals surface area contributed by atoms with Gasteiger partial charge in [-0.25, -0.2) is 4.79 Å². The molecule has 0 saturated carbocycles. The molecule has 0 aliphatic carbocycles. The molecule has 28 heavy (non-hydrogen) atoms. The van der Waals surface area contributed by atoms with Crippen LogP contribution in [0.4, 0.5) is 0 Å². The number of carboxylic acid groups (broad SMARTS) is 1. The Morgan fingerprint density at radius 1 is 0.893 bits per heavy atom. The van der Waals surface area contributed by atoms with Crippen LogP contribution in [0.5, 0.6) is 23.0 Å². The first-order chi connectivity index (χ1) is 13.4. The number of carbonyl (C=O) groups excluding carboxylic acids is 1. The summed E-state index contributed by atoms with van der Waals surface area (Å²) in [6.45, 7) is 0. The minimum Gasteiger partial charge on any atom is -0.497 e. The van der Waals surface area contributed by atoms with Crippen LogP contribution in [0.1, 0.15) is 15.9 Å². The second-order valence-electron chi connectivity index (χ2n) is 5.50. The van der Waals surface area contributed by atoms with E-state index in [9.17, 15) is 14.7 Å². The zero-order valence-corrected chi connectivity index (χ0v) is 15.9. The lowest BCUT2D eigenvalue weighted by molar-refractivity contribution is -0.132. The highest BCUT2D eigenvalue weighted by atomic mass is 16.5. The van der Waals surface area contributed by atoms with Crippen molar-refractivity contribution in [3.63, 3.8) is 0 Å². The Balaban J connectivity index is 2.34. The summed E-state index contributed by atoms with van der Waals surface area (Å²) in [5, 5.41) is 11.8. The van der Waals surface area contributed by atoms with Crippen molar-refractivity contribution in [2.45, 2.75) is 0 Å². The monoisotopic (exact) mass is 387 g/mol. The SMILES string of the molecule is COc1ccc(/C=C(/NC(=O)c2cc(OC)c(OC)c(OC)c2)C(=O)O)cc1. The Kier molecular flexibility index (Phi) is 6.86. The summed E-state index contributed by atoms with van der Waals surface area (Å²) < 4.78 is 20.7. The minimum absolute atomic E-state index is 0.149. The molecule has 0 unspecified atom stereocenters. The zero-order chi connectivity index (χ0) is 20.7. The van der Waals surface area contributed by atoms with Crippen LogP contribution < -0.4 is 24.3 Å². The first-order valence-corrected chi connectivity index (χ1v) is 8.13. The molecule has 8 heteroatoms. The van der Waals surface area contributed by atoms with Crippen LogP contribution in [0.15, 0.2) is 42.1 Å². The number of hydrogen-bond acceptors (Lipinski definition) is 6. The lowest BCUT2D eigenvalue weighted by atomic mass is 10.1. The number of carbonyl (C=O) groups is 2. The third-order valence-corrected chi connectivity index (χ3v) is 3.83. The fraction of sp³-hybridized carbons (Fsp3) is 0.200. The predicted octanol–water partition coefficient (Wildman–Crippen LogP) is 2.58. The summed E-state index contributed by atoms with van der Waals surface area (Å²) in [6, 6.07) is 9.59. The first-order valence-electron chi connectivity index (χ1n) is 8.13. The molecule has 0 bridgehead atoms. The second kappa shape index (κ2) is 9.31. The number of amides is 1. The maximum absolute atomic E-state index is 12.6. The average Bonchev–Trinajstić information content (AvgIpc) is 2.72. The van der Waals surface area contributed by atoms with Gasteiger partial charge in [0.15, 0.2) is 11.5 Å². The van der Waals surface area contributed by atoms with Crippen molar-refractivity contribution in [1.29, 1.82) is 0 Å². The van der Waals surface area contributed by atoms with Gasteiger partial charge in [-0.1, -0.05) is 12.1 Å². The van der Waals surface area contributed by atoms with Gasteiger partial charge in [0.1, 0.15) is 11.4 Å². The predicted molar refractivity (Wildman–Crippen MR) is 102 cm³/mol. The third kappa shape index (κ3) is 4.73. The van der Waals surface area contributed by atoms with E-state index in [4.69, 9.17) is 18.9 Å². The van der Waals surface area contributed by atoms with Crippen molar-refractivity contribution in [3.05, 3.63) is 53.2 Å². The van der Waals surface area contributed by atoms with Crippen LogP contribution >= 0.6 is 0 Å². The maximum Gasteiger partial charge on any atom is 0.352 e. The summed E-state index contributed by atoms with van der Waals surface area (Å²) >= 11 is 0. The average molecular weight is 387 g/mol. The molecule has 2 aromatic carbocycles. The van der Waals surface area contributed by atoms with E-state index >= 15 is 0 Å². The number of ether oxygens (including phenoxy) is 4. The van der Waals surface area contributed by atoms with Crippen molar-refractivity contribution in [2.24, 2.45) is 0 Å². The molecular formula is C20H21NO7. The van der Waals surface area contributed by atoms with Gasteiger partial charge in [0.25, 0.3) is 5.91 Å². The summed E-state index contributed by atoms with van der Waals surface area (Å²) in [6.07, 6.45) is 1.34. The number of benzene rings is 2. The Morgan fingerprint density at radius 2 is 1.46 bits per heavy atom. The van der Waals surface area contributed by atoms with Crippen LogP contribution in [0, 0.1) is 0 Å². The molecule has 2 aromatic rings. The van der Waals surface area contributed by atoms with Gasteiger partial charge in [-0.2, -0.15) is 0 Å². The first kappa shape index (κ1) is 20.6. The highest BCUT2D eigenvalue weighted by Gasteiger charge is 2.19. The van der Waals surface area contributed by atoms with E-state index in [1.54, 1.807) is 24.3 Å². The van der Waals surface area contributed by atoms with Crippen LogP contribution in [-0.4, -0.2) is 45.4 Å². The molecule has 0 radical (unpaired) electrons. The van der Waals surface area contributed by atoms with Crippen molar-refractivity contribution < 1.29 is 33.6 Å². The second-order valence-corrected chi connectivity index (χ2v) is 5.50. The standard InChI is InChI=1S/C20H21NO7/c1-25-14-7-5-12(6-8-14)9-15(20(23)24)21-19(22)13-10-16(26-2)18(28-4)17(11-13)27-3/h5-11H,1-4H3,(H,21,22)(H,23,24)/b15-9+. The van der Waals surface area contributed by atoms with Gasteiger partial charge in [-0.05, 0) is 35.9 Å². The van der Waals surface area contributed by atoms with Gasteiger partial charge in [0.2, 0.25) is 5.75 Å². The molecule has 0 aromatic heterocycles. The number of carboxylic acids is 1. The smallest absolute Gasteiger partial charge is 0.352 e. The molecule has 0 spiro atoms. The molecule has 0 aliphatic heterocycles. The van der Waals surface area contributed by atoms with E-state index in [0.717, 1.165) is 0 Å². The highest BCUT2D eigenvalue weighted by molar-refractivity contribution is 6.03. The Hall–Kier alpha value is -3.68. The molecule has 0 heterocycles. The van der Waals surface area contributed by atoms with E-state index < -0.39 is 11.9 Å². The Morgan fingerprint density at radius 3 is 1.89 bits per heavy atom. The molecule has 2 rings (SSSR count). The summed E-state index contributed by atoms with van der Waals surface area (Å²) in [7, 11) is 5.82. The fourth-order valence-corrected chi connectivity index (χ4v) is 2.42. The van der Waals surface area contributed by atoms with Gasteiger partial charge in [0, 0.05) is 5.56 Å². The molecule has 2 N–H and O–H groups in total. The van der Waals surface area contributed by atoms with Crippen LogP contribution in [0.3, 0.4) is 0 Å². The van der Waals surface area contributed by atoms with E-state index in [-0.39, 0.29) is 22.8 Å². The number of nitrogens with one attached hydrogen (secondary N) is 1. The number of methoxy groups -OCH3 is 4. The van der Waals surface area contributed by atoms with E-state index in [1.807, 2.05) is 0 Å². The van der Waals surface area contributed by atoms with Gasteiger partial charge in [0.05, 0.1) is 28.4 Å². The van der Waals surface area contributed by atoms with E-state index in [0.29, 0.717) is 17.1 Å². The number of hydrogen-bond donors (Lipinski definition) is 2. The Bertz CT molecular complexity index is 863. The van der Waals surface area contributed by atoms with Crippen LogP contribution in [0.2, 0.25) is 0 Å². The van der Waals surface area contributed by atoms with Crippen LogP contribution in [-0.2, 0) is 4.79 Å². The number of rotatable bonds is 8. The quantitative estimate of drug-likeness (QED) is 0.671. The van der Waals surface area contributed by atoms with E-state index in [1.165, 1.54) is 46.6 Å². The number of aliphatic carboxylic acids is 1. The van der Waals surface area contributed by atoms with Gasteiger partial charge in [-0.3, -0.25) is 4.79 Å². The summed E-state index contributed by atoms with van der Waals surface area (Å²) in [5.41, 5.74) is 0.448. The molecule has 8 nitrogen and oxygen atoms in total. The van der Waals surface area contributed by atoms with Gasteiger partial charge >= 0.3 is 5.97 Å². The largest absolute Gasteiger partial charge is 0.497 e. The van der Waals surface area contributed by atoms with E-state index in [2.05, 4.69) is 5.32 Å². The normalized spacial score (nSPS) is 10.8. The third-order valence-electron chi connectivity index (χ3n) is 3.83. The van der Waals surface area contributed by atoms with Gasteiger partial charge < -0.3 is 29.4 Å². The van der Waals surface area contributed by atoms with Crippen molar-refractivity contribution in [1.82, 2.24) is 5.32 Å². The fourth-order valence-electron chi connectivity index (χ4n) is 2.42. The van der Waals surface area contributed by atoms with Crippen molar-refractivity contribution in [3.8, 4) is 23.0 Å². The van der Waals surface area contributed by atoms with Crippen molar-refractivity contribution in [2.75, 3.05) is 28.4 Å². The minimum atomic E-state index is -1.28. The molecule has 148 valence electrons. The van der Waals surface area contributed by atoms with Gasteiger partial charge in [-0.15, -0.1) is 0 Å². The topological polar surface area (TPSA) is 103 Å². The maximum atomic E-state index is 12.6. The molecule has 0 aliphatic rings. The molecular weight excluding hydrogens is 366 g/mol. The lowest BCUT2D eigenvalue weighted by Crippen LogP contribution is -2.27.